The predicted molar refractivity (Wildman–Crippen MR) is 94.5 cm³/mol. The number of halogens is 3. The van der Waals surface area contributed by atoms with Crippen LogP contribution in [0.4, 0.5) is 4.39 Å². The summed E-state index contributed by atoms with van der Waals surface area (Å²) in [7, 11) is 0. The summed E-state index contributed by atoms with van der Waals surface area (Å²) in [5.74, 6) is -0.364. The highest BCUT2D eigenvalue weighted by molar-refractivity contribution is 9.11. The third-order valence-electron chi connectivity index (χ3n) is 3.58. The molecule has 124 valence electrons. The zero-order valence-corrected chi connectivity index (χ0v) is 15.5. The average molecular weight is 457 g/mol. The van der Waals surface area contributed by atoms with Crippen molar-refractivity contribution < 1.29 is 19.0 Å². The fourth-order valence-corrected chi connectivity index (χ4v) is 3.54. The summed E-state index contributed by atoms with van der Waals surface area (Å²) in [6.45, 7) is 0. The smallest absolute Gasteiger partial charge is 0.262 e. The predicted octanol–water partition coefficient (Wildman–Crippen LogP) is 5.28. The van der Waals surface area contributed by atoms with Crippen molar-refractivity contribution in [3.63, 3.8) is 0 Å². The lowest BCUT2D eigenvalue weighted by Gasteiger charge is -2.22. The molecule has 1 aliphatic carbocycles. The van der Waals surface area contributed by atoms with Crippen LogP contribution in [0.15, 0.2) is 69.1 Å². The summed E-state index contributed by atoms with van der Waals surface area (Å²) >= 11 is 6.40. The third kappa shape index (κ3) is 3.32. The van der Waals surface area contributed by atoms with Crippen molar-refractivity contribution in [3.05, 3.63) is 74.6 Å². The van der Waals surface area contributed by atoms with Crippen LogP contribution in [-0.4, -0.2) is 15.9 Å². The Hall–Kier alpha value is -1.86. The van der Waals surface area contributed by atoms with Crippen LogP contribution in [0.25, 0.3) is 0 Å². The van der Waals surface area contributed by atoms with Crippen molar-refractivity contribution in [1.29, 1.82) is 0 Å². The van der Waals surface area contributed by atoms with Gasteiger partial charge in [-0.2, -0.15) is 0 Å². The highest BCUT2D eigenvalue weighted by atomic mass is 79.9. The maximum Gasteiger partial charge on any atom is 0.262 e. The molecule has 0 unspecified atom stereocenters. The molecule has 0 radical (unpaired) electrons. The molecule has 0 spiro atoms. The van der Waals surface area contributed by atoms with E-state index in [1.165, 1.54) is 41.8 Å². The molecule has 0 fully saturated rings. The first kappa shape index (κ1) is 17.0. The van der Waals surface area contributed by atoms with Crippen molar-refractivity contribution >= 4 is 37.8 Å². The van der Waals surface area contributed by atoms with Gasteiger partial charge in [-0.25, -0.2) is 4.39 Å². The lowest BCUT2D eigenvalue weighted by molar-refractivity contribution is 0.0855. The highest BCUT2D eigenvalue weighted by Crippen LogP contribution is 2.34. The Morgan fingerprint density at radius 3 is 2.67 bits per heavy atom. The molecule has 1 amide bonds. The number of ether oxygens (including phenoxy) is 1. The molecule has 0 saturated carbocycles. The van der Waals surface area contributed by atoms with E-state index < -0.39 is 0 Å². The van der Waals surface area contributed by atoms with E-state index in [2.05, 4.69) is 31.9 Å². The van der Waals surface area contributed by atoms with Crippen molar-refractivity contribution in [3.8, 4) is 5.75 Å². The quantitative estimate of drug-likeness (QED) is 0.658. The number of carbonyl (C=O) groups excluding carboxylic acids is 1. The van der Waals surface area contributed by atoms with Crippen LogP contribution in [0, 0.1) is 0 Å². The molecule has 2 aliphatic rings. The zero-order chi connectivity index (χ0) is 17.3. The number of aromatic hydroxyl groups is 1. The van der Waals surface area contributed by atoms with E-state index in [0.29, 0.717) is 32.3 Å². The van der Waals surface area contributed by atoms with Crippen molar-refractivity contribution in [1.82, 2.24) is 4.90 Å². The Kier molecular flexibility index (Phi) is 4.91. The van der Waals surface area contributed by atoms with Gasteiger partial charge in [-0.05, 0) is 62.9 Å². The normalized spacial score (nSPS) is 17.0. The molecule has 1 N–H and O–H groups in total. The molecular formula is C17H12Br2FNO3. The highest BCUT2D eigenvalue weighted by Gasteiger charge is 2.22. The minimum Gasteiger partial charge on any atom is -0.506 e. The first-order valence-electron chi connectivity index (χ1n) is 7.09. The molecule has 0 bridgehead atoms. The van der Waals surface area contributed by atoms with Gasteiger partial charge in [0.25, 0.3) is 5.91 Å². The van der Waals surface area contributed by atoms with E-state index in [1.807, 2.05) is 0 Å². The number of phenols is 1. The van der Waals surface area contributed by atoms with E-state index >= 15 is 0 Å². The van der Waals surface area contributed by atoms with Crippen LogP contribution in [0.2, 0.25) is 0 Å². The van der Waals surface area contributed by atoms with Gasteiger partial charge >= 0.3 is 0 Å². The lowest BCUT2D eigenvalue weighted by atomic mass is 10.0. The van der Waals surface area contributed by atoms with Crippen molar-refractivity contribution in [2.75, 3.05) is 0 Å². The van der Waals surface area contributed by atoms with Gasteiger partial charge in [-0.3, -0.25) is 9.69 Å². The third-order valence-corrected chi connectivity index (χ3v) is 4.79. The van der Waals surface area contributed by atoms with E-state index in [4.69, 9.17) is 4.74 Å². The van der Waals surface area contributed by atoms with E-state index in [0.717, 1.165) is 6.42 Å². The number of hydrogen-bond acceptors (Lipinski definition) is 3. The van der Waals surface area contributed by atoms with Crippen LogP contribution in [0.3, 0.4) is 0 Å². The number of benzene rings is 1. The maximum absolute atomic E-state index is 13.9. The topological polar surface area (TPSA) is 49.8 Å². The number of amides is 1. The lowest BCUT2D eigenvalue weighted by Crippen LogP contribution is -2.23. The molecule has 1 aliphatic heterocycles. The maximum atomic E-state index is 13.9. The van der Waals surface area contributed by atoms with Gasteiger partial charge in [0.05, 0.1) is 15.1 Å². The molecular weight excluding hydrogens is 445 g/mol. The summed E-state index contributed by atoms with van der Waals surface area (Å²) in [5, 5.41) is 9.75. The minimum absolute atomic E-state index is 0.0153. The Bertz CT molecular complexity index is 804. The molecule has 1 heterocycles. The van der Waals surface area contributed by atoms with Crippen LogP contribution >= 0.6 is 31.9 Å². The summed E-state index contributed by atoms with van der Waals surface area (Å²) in [4.78, 5) is 14.0. The summed E-state index contributed by atoms with van der Waals surface area (Å²) in [6.07, 6.45) is 8.66. The summed E-state index contributed by atoms with van der Waals surface area (Å²) in [6, 6.07) is 3.03. The molecule has 0 saturated heterocycles. The second-order valence-electron chi connectivity index (χ2n) is 5.16. The number of allylic oxidation sites excluding steroid dienone is 4. The van der Waals surface area contributed by atoms with Crippen molar-refractivity contribution in [2.24, 2.45) is 0 Å². The van der Waals surface area contributed by atoms with Gasteiger partial charge in [-0.1, -0.05) is 6.08 Å². The number of nitrogens with zero attached hydrogens (tertiary/aromatic N) is 1. The molecule has 3 rings (SSSR count). The SMILES string of the molecule is O=C(c1cc(Br)c(O)c(Br)c1)N1C=COC(C2=C(F)C=CCC2)=C1. The number of phenolic OH excluding ortho intramolecular Hbond substituents is 1. The van der Waals surface area contributed by atoms with Crippen LogP contribution in [0.1, 0.15) is 23.2 Å². The van der Waals surface area contributed by atoms with Crippen molar-refractivity contribution in [2.45, 2.75) is 12.8 Å². The van der Waals surface area contributed by atoms with E-state index in [1.54, 1.807) is 6.08 Å². The first-order chi connectivity index (χ1) is 11.5. The fraction of sp³-hybridized carbons (Fsp3) is 0.118. The van der Waals surface area contributed by atoms with Crippen LogP contribution in [-0.2, 0) is 4.74 Å². The molecule has 24 heavy (non-hydrogen) atoms. The van der Waals surface area contributed by atoms with Gasteiger partial charge in [0.15, 0.2) is 0 Å². The summed E-state index contributed by atoms with van der Waals surface area (Å²) in [5.41, 5.74) is 0.791. The Labute approximate surface area is 154 Å². The van der Waals surface area contributed by atoms with Gasteiger partial charge in [0.1, 0.15) is 23.6 Å². The van der Waals surface area contributed by atoms with E-state index in [9.17, 15) is 14.3 Å². The second kappa shape index (κ2) is 6.94. The number of carbonyl (C=O) groups is 1. The Morgan fingerprint density at radius 2 is 2.00 bits per heavy atom. The standard InChI is InChI=1S/C17H12Br2FNO3/c18-12-7-10(8-13(19)16(12)22)17(23)21-5-6-24-15(9-21)11-3-1-2-4-14(11)20/h2,4-9,22H,1,3H2. The summed E-state index contributed by atoms with van der Waals surface area (Å²) < 4.78 is 20.1. The molecule has 4 nitrogen and oxygen atoms in total. The first-order valence-corrected chi connectivity index (χ1v) is 8.67. The average Bonchev–Trinajstić information content (AvgIpc) is 2.59. The zero-order valence-electron chi connectivity index (χ0n) is 12.3. The molecule has 0 aromatic heterocycles. The van der Waals surface area contributed by atoms with Gasteiger partial charge < -0.3 is 9.84 Å². The molecule has 1 aromatic rings. The largest absolute Gasteiger partial charge is 0.506 e. The fourth-order valence-electron chi connectivity index (χ4n) is 2.36. The Morgan fingerprint density at radius 1 is 1.29 bits per heavy atom. The molecule has 0 atom stereocenters. The molecule has 1 aromatic carbocycles. The van der Waals surface area contributed by atoms with Gasteiger partial charge in [-0.15, -0.1) is 0 Å². The van der Waals surface area contributed by atoms with Gasteiger partial charge in [0, 0.05) is 17.3 Å². The second-order valence-corrected chi connectivity index (χ2v) is 6.87. The number of hydrogen-bond donors (Lipinski definition) is 1. The number of rotatable bonds is 2. The van der Waals surface area contributed by atoms with Gasteiger partial charge in [0.2, 0.25) is 0 Å². The van der Waals surface area contributed by atoms with E-state index in [-0.39, 0.29) is 17.5 Å². The Balaban J connectivity index is 1.92. The van der Waals surface area contributed by atoms with Crippen LogP contribution in [0.5, 0.6) is 5.75 Å². The molecule has 7 heteroatoms. The monoisotopic (exact) mass is 455 g/mol. The van der Waals surface area contributed by atoms with Crippen LogP contribution < -0.4 is 0 Å². The minimum atomic E-state index is -0.356.